The number of benzene rings is 2. The van der Waals surface area contributed by atoms with Gasteiger partial charge in [0.2, 0.25) is 0 Å². The summed E-state index contributed by atoms with van der Waals surface area (Å²) in [5.74, 6) is -0.395. The monoisotopic (exact) mass is 411 g/mol. The fourth-order valence-corrected chi connectivity index (χ4v) is 4.12. The van der Waals surface area contributed by atoms with Crippen LogP contribution in [0.4, 0.5) is 4.39 Å². The number of amides is 1. The van der Waals surface area contributed by atoms with Crippen molar-refractivity contribution in [3.8, 4) is 5.69 Å². The molecule has 1 aliphatic carbocycles. The molecular formula is C23H23ClFN3O. The van der Waals surface area contributed by atoms with Crippen molar-refractivity contribution in [2.75, 3.05) is 7.05 Å². The molecule has 0 N–H and O–H groups in total. The van der Waals surface area contributed by atoms with E-state index < -0.39 is 0 Å². The second kappa shape index (κ2) is 8.37. The number of carbonyl (C=O) groups excluding carboxylic acids is 1. The third kappa shape index (κ3) is 4.20. The van der Waals surface area contributed by atoms with Crippen molar-refractivity contribution >= 4 is 17.5 Å². The van der Waals surface area contributed by atoms with Gasteiger partial charge in [-0.25, -0.2) is 9.07 Å². The molecule has 0 saturated carbocycles. The highest BCUT2D eigenvalue weighted by atomic mass is 35.5. The number of hydrogen-bond donors (Lipinski definition) is 0. The summed E-state index contributed by atoms with van der Waals surface area (Å²) in [4.78, 5) is 14.9. The molecule has 0 unspecified atom stereocenters. The fraction of sp³-hybridized carbons (Fsp3) is 0.304. The maximum absolute atomic E-state index is 13.4. The maximum atomic E-state index is 13.4. The van der Waals surface area contributed by atoms with E-state index in [1.165, 1.54) is 12.1 Å². The van der Waals surface area contributed by atoms with Gasteiger partial charge in [-0.3, -0.25) is 4.79 Å². The Bertz CT molecular complexity index is 1030. The summed E-state index contributed by atoms with van der Waals surface area (Å²) >= 11 is 6.07. The van der Waals surface area contributed by atoms with Crippen molar-refractivity contribution in [2.45, 2.75) is 38.6 Å². The Kier molecular flexibility index (Phi) is 5.67. The zero-order valence-corrected chi connectivity index (χ0v) is 17.1. The van der Waals surface area contributed by atoms with E-state index in [-0.39, 0.29) is 11.7 Å². The van der Waals surface area contributed by atoms with E-state index in [1.807, 2.05) is 28.9 Å². The Morgan fingerprint density at radius 2 is 1.90 bits per heavy atom. The molecule has 1 aliphatic rings. The number of fused-ring (bicyclic) bond motifs is 1. The lowest BCUT2D eigenvalue weighted by molar-refractivity contribution is 0.0777. The summed E-state index contributed by atoms with van der Waals surface area (Å²) in [6.45, 7) is 0.456. The minimum atomic E-state index is -0.287. The second-order valence-electron chi connectivity index (χ2n) is 7.51. The summed E-state index contributed by atoms with van der Waals surface area (Å²) in [6.07, 6.45) is 4.93. The first kappa shape index (κ1) is 19.6. The molecule has 0 radical (unpaired) electrons. The van der Waals surface area contributed by atoms with Gasteiger partial charge >= 0.3 is 0 Å². The summed E-state index contributed by atoms with van der Waals surface area (Å²) < 4.78 is 15.2. The third-order valence-electron chi connectivity index (χ3n) is 5.36. The Hall–Kier alpha value is -2.66. The third-order valence-corrected chi connectivity index (χ3v) is 5.59. The van der Waals surface area contributed by atoms with Gasteiger partial charge in [-0.05, 0) is 67.6 Å². The van der Waals surface area contributed by atoms with Crippen molar-refractivity contribution in [1.82, 2.24) is 14.7 Å². The number of carbonyl (C=O) groups is 1. The van der Waals surface area contributed by atoms with Crippen molar-refractivity contribution < 1.29 is 9.18 Å². The molecule has 1 heterocycles. The van der Waals surface area contributed by atoms with Gasteiger partial charge in [0.15, 0.2) is 5.69 Å². The lowest BCUT2D eigenvalue weighted by Gasteiger charge is -2.17. The summed E-state index contributed by atoms with van der Waals surface area (Å²) in [5.41, 5.74) is 4.33. The number of halogens is 2. The Labute approximate surface area is 174 Å². The van der Waals surface area contributed by atoms with Crippen LogP contribution in [-0.4, -0.2) is 27.6 Å². The number of hydrogen-bond acceptors (Lipinski definition) is 2. The largest absolute Gasteiger partial charge is 0.336 e. The normalized spacial score (nSPS) is 13.6. The zero-order chi connectivity index (χ0) is 20.4. The van der Waals surface area contributed by atoms with Crippen LogP contribution in [0.2, 0.25) is 5.02 Å². The molecule has 0 bridgehead atoms. The topological polar surface area (TPSA) is 38.1 Å². The first-order valence-corrected chi connectivity index (χ1v) is 10.3. The highest BCUT2D eigenvalue weighted by Crippen LogP contribution is 2.27. The van der Waals surface area contributed by atoms with Crippen LogP contribution in [0.25, 0.3) is 5.69 Å². The highest BCUT2D eigenvalue weighted by molar-refractivity contribution is 6.30. The van der Waals surface area contributed by atoms with Gasteiger partial charge in [-0.1, -0.05) is 30.2 Å². The van der Waals surface area contributed by atoms with Crippen LogP contribution >= 0.6 is 11.6 Å². The first-order chi connectivity index (χ1) is 14.0. The van der Waals surface area contributed by atoms with Gasteiger partial charge in [0.25, 0.3) is 5.91 Å². The molecule has 6 heteroatoms. The van der Waals surface area contributed by atoms with Crippen molar-refractivity contribution in [2.24, 2.45) is 0 Å². The van der Waals surface area contributed by atoms with Crippen LogP contribution in [0.3, 0.4) is 0 Å². The van der Waals surface area contributed by atoms with Crippen molar-refractivity contribution in [3.05, 3.63) is 81.9 Å². The SMILES string of the molecule is CN(Cc1cccc(Cl)c1)C(=O)c1nn(-c2ccc(F)cc2)c2c1CCCCC2. The standard InChI is InChI=1S/C23H23ClFN3O/c1-27(15-16-6-5-7-17(24)14-16)23(29)22-20-8-3-2-4-9-21(20)28(26-22)19-12-10-18(25)11-13-19/h5-7,10-14H,2-4,8-9,15H2,1H3. The molecule has 4 rings (SSSR count). The van der Waals surface area contributed by atoms with E-state index in [9.17, 15) is 9.18 Å². The molecule has 1 amide bonds. The summed E-state index contributed by atoms with van der Waals surface area (Å²) in [5, 5.41) is 5.34. The molecule has 0 fully saturated rings. The first-order valence-electron chi connectivity index (χ1n) is 9.89. The lowest BCUT2D eigenvalue weighted by Crippen LogP contribution is -2.27. The van der Waals surface area contributed by atoms with Crippen LogP contribution in [0.15, 0.2) is 48.5 Å². The van der Waals surface area contributed by atoms with Crippen LogP contribution in [0.5, 0.6) is 0 Å². The highest BCUT2D eigenvalue weighted by Gasteiger charge is 2.26. The van der Waals surface area contributed by atoms with Crippen molar-refractivity contribution in [3.63, 3.8) is 0 Å². The average molecular weight is 412 g/mol. The Balaban J connectivity index is 1.69. The predicted octanol–water partition coefficient (Wildman–Crippen LogP) is 5.21. The molecule has 1 aromatic heterocycles. The van der Waals surface area contributed by atoms with E-state index in [4.69, 9.17) is 16.7 Å². The van der Waals surface area contributed by atoms with Gasteiger partial charge < -0.3 is 4.90 Å². The van der Waals surface area contributed by atoms with E-state index in [0.29, 0.717) is 17.3 Å². The number of aromatic nitrogens is 2. The summed E-state index contributed by atoms with van der Waals surface area (Å²) in [6, 6.07) is 13.8. The Morgan fingerprint density at radius 3 is 2.66 bits per heavy atom. The minimum Gasteiger partial charge on any atom is -0.336 e. The molecule has 3 aromatic rings. The number of rotatable bonds is 4. The van der Waals surface area contributed by atoms with Crippen LogP contribution in [0.1, 0.15) is 46.6 Å². The van der Waals surface area contributed by atoms with Gasteiger partial charge in [0.05, 0.1) is 5.69 Å². The maximum Gasteiger partial charge on any atom is 0.274 e. The molecule has 0 saturated heterocycles. The molecule has 4 nitrogen and oxygen atoms in total. The molecule has 2 aromatic carbocycles. The second-order valence-corrected chi connectivity index (χ2v) is 7.95. The van der Waals surface area contributed by atoms with Gasteiger partial charge in [0.1, 0.15) is 5.82 Å². The van der Waals surface area contributed by atoms with Gasteiger partial charge in [-0.2, -0.15) is 5.10 Å². The zero-order valence-electron chi connectivity index (χ0n) is 16.4. The Morgan fingerprint density at radius 1 is 1.14 bits per heavy atom. The van der Waals surface area contributed by atoms with E-state index >= 15 is 0 Å². The number of nitrogens with zero attached hydrogens (tertiary/aromatic N) is 3. The van der Waals surface area contributed by atoms with Crippen LogP contribution < -0.4 is 0 Å². The smallest absolute Gasteiger partial charge is 0.274 e. The van der Waals surface area contributed by atoms with Crippen LogP contribution in [-0.2, 0) is 19.4 Å². The predicted molar refractivity (Wildman–Crippen MR) is 112 cm³/mol. The molecular weight excluding hydrogens is 389 g/mol. The minimum absolute atomic E-state index is 0.107. The average Bonchev–Trinajstić information content (AvgIpc) is 2.89. The molecule has 0 spiro atoms. The molecule has 0 aliphatic heterocycles. The van der Waals surface area contributed by atoms with Gasteiger partial charge in [-0.15, -0.1) is 0 Å². The molecule has 29 heavy (non-hydrogen) atoms. The lowest BCUT2D eigenvalue weighted by atomic mass is 10.1. The quantitative estimate of drug-likeness (QED) is 0.553. The van der Waals surface area contributed by atoms with E-state index in [0.717, 1.165) is 54.6 Å². The van der Waals surface area contributed by atoms with E-state index in [2.05, 4.69) is 0 Å². The van der Waals surface area contributed by atoms with Crippen molar-refractivity contribution in [1.29, 1.82) is 0 Å². The van der Waals surface area contributed by atoms with Gasteiger partial charge in [0, 0.05) is 29.9 Å². The summed E-state index contributed by atoms with van der Waals surface area (Å²) in [7, 11) is 1.78. The molecule has 150 valence electrons. The van der Waals surface area contributed by atoms with Crippen LogP contribution in [0, 0.1) is 5.82 Å². The fourth-order valence-electron chi connectivity index (χ4n) is 3.91. The molecule has 0 atom stereocenters. The van der Waals surface area contributed by atoms with E-state index in [1.54, 1.807) is 24.1 Å².